The Morgan fingerprint density at radius 1 is 1.64 bits per heavy atom. The minimum absolute atomic E-state index is 0.0970. The van der Waals surface area contributed by atoms with Crippen molar-refractivity contribution in [2.45, 2.75) is 18.9 Å². The Kier molecular flexibility index (Phi) is 3.30. The van der Waals surface area contributed by atoms with E-state index in [1.807, 2.05) is 0 Å². The van der Waals surface area contributed by atoms with E-state index in [1.54, 1.807) is 0 Å². The lowest BCUT2D eigenvalue weighted by Crippen LogP contribution is -2.20. The average Bonchev–Trinajstić information content (AvgIpc) is 2.35. The van der Waals surface area contributed by atoms with Gasteiger partial charge in [-0.1, -0.05) is 0 Å². The summed E-state index contributed by atoms with van der Waals surface area (Å²) in [6, 6.07) is 0. The Labute approximate surface area is 67.6 Å². The summed E-state index contributed by atoms with van der Waals surface area (Å²) in [7, 11) is 2.09. The summed E-state index contributed by atoms with van der Waals surface area (Å²) < 4.78 is 0. The van der Waals surface area contributed by atoms with Crippen LogP contribution in [0, 0.1) is 5.92 Å². The van der Waals surface area contributed by atoms with Gasteiger partial charge in [-0.3, -0.25) is 0 Å². The topological polar surface area (TPSA) is 43.7 Å². The lowest BCUT2D eigenvalue weighted by atomic mass is 10.0. The zero-order chi connectivity index (χ0) is 8.27. The number of rotatable bonds is 3. The molecule has 0 spiro atoms. The molecule has 66 valence electrons. The van der Waals surface area contributed by atoms with Crippen molar-refractivity contribution >= 4 is 0 Å². The number of aliphatic hydroxyl groups is 2. The first kappa shape index (κ1) is 8.97. The molecule has 1 aliphatic heterocycles. The fourth-order valence-electron chi connectivity index (χ4n) is 1.68. The van der Waals surface area contributed by atoms with Crippen molar-refractivity contribution < 1.29 is 10.2 Å². The van der Waals surface area contributed by atoms with E-state index in [4.69, 9.17) is 10.2 Å². The Balaban J connectivity index is 2.17. The summed E-state index contributed by atoms with van der Waals surface area (Å²) in [6.07, 6.45) is 1.40. The van der Waals surface area contributed by atoms with Crippen LogP contribution in [0.5, 0.6) is 0 Å². The van der Waals surface area contributed by atoms with Gasteiger partial charge < -0.3 is 15.1 Å². The van der Waals surface area contributed by atoms with Crippen LogP contribution in [0.4, 0.5) is 0 Å². The first-order valence-electron chi connectivity index (χ1n) is 4.20. The largest absolute Gasteiger partial charge is 0.394 e. The highest BCUT2D eigenvalue weighted by molar-refractivity contribution is 4.75. The molecule has 1 heterocycles. The lowest BCUT2D eigenvalue weighted by molar-refractivity contribution is 0.0752. The van der Waals surface area contributed by atoms with Crippen LogP contribution in [0.1, 0.15) is 12.8 Å². The van der Waals surface area contributed by atoms with E-state index in [2.05, 4.69) is 11.9 Å². The second-order valence-corrected chi connectivity index (χ2v) is 3.49. The van der Waals surface area contributed by atoms with Crippen LogP contribution in [0.2, 0.25) is 0 Å². The molecule has 1 rings (SSSR count). The maximum Gasteiger partial charge on any atom is 0.0774 e. The third kappa shape index (κ3) is 2.77. The molecule has 0 radical (unpaired) electrons. The van der Waals surface area contributed by atoms with Gasteiger partial charge in [-0.15, -0.1) is 0 Å². The summed E-state index contributed by atoms with van der Waals surface area (Å²) in [5, 5.41) is 17.7. The second kappa shape index (κ2) is 4.04. The summed E-state index contributed by atoms with van der Waals surface area (Å²) in [4.78, 5) is 2.26. The lowest BCUT2D eigenvalue weighted by Gasteiger charge is -2.13. The van der Waals surface area contributed by atoms with Crippen molar-refractivity contribution in [2.75, 3.05) is 26.7 Å². The molecule has 2 atom stereocenters. The van der Waals surface area contributed by atoms with Crippen LogP contribution in [0.15, 0.2) is 0 Å². The van der Waals surface area contributed by atoms with Crippen molar-refractivity contribution in [3.63, 3.8) is 0 Å². The summed E-state index contributed by atoms with van der Waals surface area (Å²) in [6.45, 7) is 2.10. The molecule has 0 bridgehead atoms. The average molecular weight is 159 g/mol. The molecule has 0 amide bonds. The summed E-state index contributed by atoms with van der Waals surface area (Å²) >= 11 is 0. The zero-order valence-electron chi connectivity index (χ0n) is 7.03. The van der Waals surface area contributed by atoms with E-state index in [0.717, 1.165) is 25.9 Å². The van der Waals surface area contributed by atoms with Crippen molar-refractivity contribution in [3.05, 3.63) is 0 Å². The van der Waals surface area contributed by atoms with Gasteiger partial charge >= 0.3 is 0 Å². The van der Waals surface area contributed by atoms with E-state index < -0.39 is 6.10 Å². The molecule has 0 aromatic heterocycles. The van der Waals surface area contributed by atoms with E-state index in [0.29, 0.717) is 5.92 Å². The molecule has 2 N–H and O–H groups in total. The van der Waals surface area contributed by atoms with Crippen molar-refractivity contribution in [1.29, 1.82) is 0 Å². The maximum absolute atomic E-state index is 9.14. The standard InChI is InChI=1S/C8H17NO2/c1-9-3-2-7(5-9)4-8(11)6-10/h7-8,10-11H,2-6H2,1H3/t7?,8-/m1/s1. The maximum atomic E-state index is 9.14. The molecule has 1 aliphatic rings. The van der Waals surface area contributed by atoms with Gasteiger partial charge in [-0.25, -0.2) is 0 Å². The molecule has 3 heteroatoms. The first-order chi connectivity index (χ1) is 5.22. The van der Waals surface area contributed by atoms with Crippen LogP contribution in [-0.2, 0) is 0 Å². The van der Waals surface area contributed by atoms with Gasteiger partial charge in [0.2, 0.25) is 0 Å². The van der Waals surface area contributed by atoms with Crippen LogP contribution in [0.25, 0.3) is 0 Å². The van der Waals surface area contributed by atoms with Crippen molar-refractivity contribution in [3.8, 4) is 0 Å². The predicted molar refractivity (Wildman–Crippen MR) is 43.3 cm³/mol. The highest BCUT2D eigenvalue weighted by Crippen LogP contribution is 2.19. The van der Waals surface area contributed by atoms with Gasteiger partial charge in [0.05, 0.1) is 12.7 Å². The van der Waals surface area contributed by atoms with E-state index in [-0.39, 0.29) is 6.61 Å². The molecule has 1 unspecified atom stereocenters. The highest BCUT2D eigenvalue weighted by Gasteiger charge is 2.21. The third-order valence-electron chi connectivity index (χ3n) is 2.31. The van der Waals surface area contributed by atoms with E-state index >= 15 is 0 Å². The summed E-state index contributed by atoms with van der Waals surface area (Å²) in [5.41, 5.74) is 0. The van der Waals surface area contributed by atoms with Crippen LogP contribution >= 0.6 is 0 Å². The van der Waals surface area contributed by atoms with Crippen molar-refractivity contribution in [1.82, 2.24) is 4.90 Å². The van der Waals surface area contributed by atoms with Gasteiger partial charge in [0.15, 0.2) is 0 Å². The van der Waals surface area contributed by atoms with Gasteiger partial charge in [0, 0.05) is 6.54 Å². The fourth-order valence-corrected chi connectivity index (χ4v) is 1.68. The molecular formula is C8H17NO2. The van der Waals surface area contributed by atoms with Gasteiger partial charge in [0.1, 0.15) is 0 Å². The Bertz CT molecular complexity index is 119. The van der Waals surface area contributed by atoms with E-state index in [1.165, 1.54) is 0 Å². The first-order valence-corrected chi connectivity index (χ1v) is 4.20. The van der Waals surface area contributed by atoms with Crippen LogP contribution in [0.3, 0.4) is 0 Å². The molecular weight excluding hydrogens is 142 g/mol. The van der Waals surface area contributed by atoms with Gasteiger partial charge in [0.25, 0.3) is 0 Å². The fraction of sp³-hybridized carbons (Fsp3) is 1.00. The molecule has 3 nitrogen and oxygen atoms in total. The molecule has 0 aromatic carbocycles. The number of nitrogens with zero attached hydrogens (tertiary/aromatic N) is 1. The number of aliphatic hydroxyl groups excluding tert-OH is 2. The molecule has 0 aromatic rings. The number of likely N-dealkylation sites (tertiary alicyclic amines) is 1. The molecule has 0 saturated carbocycles. The monoisotopic (exact) mass is 159 g/mol. The molecule has 1 fully saturated rings. The van der Waals surface area contributed by atoms with Gasteiger partial charge in [-0.05, 0) is 32.4 Å². The minimum atomic E-state index is -0.508. The Hall–Kier alpha value is -0.120. The van der Waals surface area contributed by atoms with E-state index in [9.17, 15) is 0 Å². The normalized spacial score (nSPS) is 29.2. The Morgan fingerprint density at radius 2 is 2.36 bits per heavy atom. The zero-order valence-corrected chi connectivity index (χ0v) is 7.03. The third-order valence-corrected chi connectivity index (χ3v) is 2.31. The number of hydrogen-bond donors (Lipinski definition) is 2. The molecule has 0 aliphatic carbocycles. The minimum Gasteiger partial charge on any atom is -0.394 e. The number of hydrogen-bond acceptors (Lipinski definition) is 3. The predicted octanol–water partition coefficient (Wildman–Crippen LogP) is -0.319. The highest BCUT2D eigenvalue weighted by atomic mass is 16.3. The van der Waals surface area contributed by atoms with Crippen LogP contribution < -0.4 is 0 Å². The van der Waals surface area contributed by atoms with Crippen LogP contribution in [-0.4, -0.2) is 48.0 Å². The molecule has 1 saturated heterocycles. The quantitative estimate of drug-likeness (QED) is 0.593. The SMILES string of the molecule is CN1CCC(C[C@@H](O)CO)C1. The van der Waals surface area contributed by atoms with Gasteiger partial charge in [-0.2, -0.15) is 0 Å². The smallest absolute Gasteiger partial charge is 0.0774 e. The Morgan fingerprint density at radius 3 is 2.82 bits per heavy atom. The van der Waals surface area contributed by atoms with Crippen molar-refractivity contribution in [2.24, 2.45) is 5.92 Å². The second-order valence-electron chi connectivity index (χ2n) is 3.49. The molecule has 11 heavy (non-hydrogen) atoms. The summed E-state index contributed by atoms with van der Waals surface area (Å²) in [5.74, 6) is 0.585.